The normalized spacial score (nSPS) is 15.9. The van der Waals surface area contributed by atoms with E-state index >= 15 is 0 Å². The number of amides is 1. The van der Waals surface area contributed by atoms with Crippen LogP contribution < -0.4 is 16.4 Å². The number of aromatic nitrogens is 5. The number of nitrogens with zero attached hydrogens (tertiary/aromatic N) is 5. The van der Waals surface area contributed by atoms with Gasteiger partial charge in [0.25, 0.3) is 0 Å². The second-order valence-electron chi connectivity index (χ2n) is 7.74. The predicted molar refractivity (Wildman–Crippen MR) is 124 cm³/mol. The molecule has 1 fully saturated rings. The minimum atomic E-state index is -0.131. The van der Waals surface area contributed by atoms with E-state index in [1.54, 1.807) is 16.9 Å². The molecular formula is C22H21ClN8O. The third-order valence-corrected chi connectivity index (χ3v) is 5.77. The number of fused-ring (bicyclic) bond motifs is 1. The number of aryl methyl sites for hydroxylation is 1. The minimum absolute atomic E-state index is 0.127. The van der Waals surface area contributed by atoms with Gasteiger partial charge in [-0.1, -0.05) is 17.7 Å². The number of nitrogens with one attached hydrogen (secondary N) is 2. The number of carbonyl (C=O) groups is 1. The topological polar surface area (TPSA) is 124 Å². The Morgan fingerprint density at radius 3 is 2.91 bits per heavy atom. The Labute approximate surface area is 189 Å². The number of hydrogen-bond donors (Lipinski definition) is 3. The molecule has 10 heteroatoms. The van der Waals surface area contributed by atoms with Gasteiger partial charge >= 0.3 is 0 Å². The Hall–Kier alpha value is -3.56. The van der Waals surface area contributed by atoms with Gasteiger partial charge in [-0.15, -0.1) is 0 Å². The molecule has 162 valence electrons. The molecule has 1 aliphatic rings. The van der Waals surface area contributed by atoms with E-state index in [0.717, 1.165) is 23.9 Å². The van der Waals surface area contributed by atoms with Crippen LogP contribution in [0.25, 0.3) is 33.5 Å². The smallest absolute Gasteiger partial charge is 0.230 e. The first-order chi connectivity index (χ1) is 15.5. The zero-order valence-corrected chi connectivity index (χ0v) is 18.1. The van der Waals surface area contributed by atoms with Crippen LogP contribution in [0.2, 0.25) is 5.02 Å². The summed E-state index contributed by atoms with van der Waals surface area (Å²) >= 11 is 6.52. The second-order valence-corrected chi connectivity index (χ2v) is 8.15. The summed E-state index contributed by atoms with van der Waals surface area (Å²) in [5.74, 6) is 0.0887. The summed E-state index contributed by atoms with van der Waals surface area (Å²) in [6, 6.07) is 9.33. The van der Waals surface area contributed by atoms with Gasteiger partial charge in [-0.3, -0.25) is 14.5 Å². The van der Waals surface area contributed by atoms with Crippen LogP contribution in [0, 0.1) is 5.92 Å². The molecule has 32 heavy (non-hydrogen) atoms. The monoisotopic (exact) mass is 448 g/mol. The summed E-state index contributed by atoms with van der Waals surface area (Å²) in [5, 5.41) is 11.9. The molecule has 1 unspecified atom stereocenters. The van der Waals surface area contributed by atoms with E-state index in [4.69, 9.17) is 22.3 Å². The standard InChI is InChI=1S/C22H21ClN8O/c1-31-8-5-16(30-31)19-18(14-9-12-3-2-6-26-17(12)15(23)10-14)28-21(20(24)27-19)29-22(32)13-4-7-25-11-13/h2-3,5-6,8-10,13,25H,4,7,11H2,1H3,(H2,24,27)(H,28,29,32). The van der Waals surface area contributed by atoms with Gasteiger partial charge in [-0.05, 0) is 37.2 Å². The maximum Gasteiger partial charge on any atom is 0.230 e. The number of anilines is 2. The molecule has 4 aromatic rings. The number of carbonyl (C=O) groups excluding carboxylic acids is 1. The lowest BCUT2D eigenvalue weighted by Gasteiger charge is -2.15. The molecular weight excluding hydrogens is 428 g/mol. The highest BCUT2D eigenvalue weighted by Crippen LogP contribution is 2.35. The Bertz CT molecular complexity index is 1330. The van der Waals surface area contributed by atoms with Gasteiger partial charge in [0.15, 0.2) is 11.6 Å². The fourth-order valence-electron chi connectivity index (χ4n) is 3.84. The van der Waals surface area contributed by atoms with Gasteiger partial charge in [-0.2, -0.15) is 5.10 Å². The molecule has 1 amide bonds. The zero-order valence-electron chi connectivity index (χ0n) is 17.3. The van der Waals surface area contributed by atoms with Crippen molar-refractivity contribution in [3.63, 3.8) is 0 Å². The molecule has 5 rings (SSSR count). The number of rotatable bonds is 4. The molecule has 9 nitrogen and oxygen atoms in total. The minimum Gasteiger partial charge on any atom is -0.381 e. The lowest BCUT2D eigenvalue weighted by Crippen LogP contribution is -2.26. The molecule has 4 N–H and O–H groups in total. The lowest BCUT2D eigenvalue weighted by molar-refractivity contribution is -0.119. The molecule has 0 radical (unpaired) electrons. The maximum atomic E-state index is 12.7. The molecule has 0 bridgehead atoms. The van der Waals surface area contributed by atoms with E-state index in [9.17, 15) is 4.79 Å². The Balaban J connectivity index is 1.65. The summed E-state index contributed by atoms with van der Waals surface area (Å²) in [4.78, 5) is 26.3. The van der Waals surface area contributed by atoms with Crippen molar-refractivity contribution in [1.29, 1.82) is 0 Å². The third kappa shape index (κ3) is 3.76. The quantitative estimate of drug-likeness (QED) is 0.438. The van der Waals surface area contributed by atoms with Crippen molar-refractivity contribution in [3.8, 4) is 22.6 Å². The van der Waals surface area contributed by atoms with Crippen LogP contribution in [-0.2, 0) is 11.8 Å². The number of nitrogen functional groups attached to an aromatic ring is 1. The Kier molecular flexibility index (Phi) is 5.20. The lowest BCUT2D eigenvalue weighted by atomic mass is 10.0. The van der Waals surface area contributed by atoms with Crippen LogP contribution in [0.4, 0.5) is 11.6 Å². The van der Waals surface area contributed by atoms with E-state index in [1.807, 2.05) is 37.5 Å². The predicted octanol–water partition coefficient (Wildman–Crippen LogP) is 2.88. The number of nitrogens with two attached hydrogens (primary N) is 1. The molecule has 3 aromatic heterocycles. The number of halogens is 1. The van der Waals surface area contributed by atoms with Crippen LogP contribution in [-0.4, -0.2) is 43.7 Å². The van der Waals surface area contributed by atoms with Crippen LogP contribution in [0.1, 0.15) is 6.42 Å². The molecule has 1 aromatic carbocycles. The average Bonchev–Trinajstić information content (AvgIpc) is 3.47. The van der Waals surface area contributed by atoms with Gasteiger partial charge < -0.3 is 16.4 Å². The van der Waals surface area contributed by atoms with Crippen molar-refractivity contribution in [2.24, 2.45) is 13.0 Å². The molecule has 1 saturated heterocycles. The summed E-state index contributed by atoms with van der Waals surface area (Å²) in [7, 11) is 1.82. The molecule has 0 aliphatic carbocycles. The zero-order chi connectivity index (χ0) is 22.2. The van der Waals surface area contributed by atoms with Crippen LogP contribution >= 0.6 is 11.6 Å². The third-order valence-electron chi connectivity index (χ3n) is 5.48. The highest BCUT2D eigenvalue weighted by atomic mass is 35.5. The fourth-order valence-corrected chi connectivity index (χ4v) is 4.12. The summed E-state index contributed by atoms with van der Waals surface area (Å²) < 4.78 is 1.68. The first-order valence-electron chi connectivity index (χ1n) is 10.2. The van der Waals surface area contributed by atoms with E-state index < -0.39 is 0 Å². The van der Waals surface area contributed by atoms with Crippen molar-refractivity contribution in [1.82, 2.24) is 30.0 Å². The van der Waals surface area contributed by atoms with Crippen molar-refractivity contribution in [2.75, 3.05) is 24.1 Å². The van der Waals surface area contributed by atoms with E-state index in [0.29, 0.717) is 34.2 Å². The maximum absolute atomic E-state index is 12.7. The highest BCUT2D eigenvalue weighted by Gasteiger charge is 2.25. The highest BCUT2D eigenvalue weighted by molar-refractivity contribution is 6.35. The average molecular weight is 449 g/mol. The number of hydrogen-bond acceptors (Lipinski definition) is 7. The summed E-state index contributed by atoms with van der Waals surface area (Å²) in [5.41, 5.74) is 9.26. The van der Waals surface area contributed by atoms with Crippen molar-refractivity contribution in [2.45, 2.75) is 6.42 Å². The van der Waals surface area contributed by atoms with Crippen LogP contribution in [0.15, 0.2) is 42.7 Å². The van der Waals surface area contributed by atoms with Crippen molar-refractivity contribution in [3.05, 3.63) is 47.7 Å². The van der Waals surface area contributed by atoms with Crippen molar-refractivity contribution < 1.29 is 4.79 Å². The number of pyridine rings is 1. The van der Waals surface area contributed by atoms with Gasteiger partial charge in [0.1, 0.15) is 17.1 Å². The van der Waals surface area contributed by atoms with Gasteiger partial charge in [0.05, 0.1) is 16.5 Å². The molecule has 1 atom stereocenters. The molecule has 4 heterocycles. The SMILES string of the molecule is Cn1ccc(-c2nc(N)c(NC(=O)C3CCNC3)nc2-c2cc(Cl)c3ncccc3c2)n1. The second kappa shape index (κ2) is 8.18. The van der Waals surface area contributed by atoms with Crippen LogP contribution in [0.5, 0.6) is 0 Å². The number of benzene rings is 1. The first-order valence-corrected chi connectivity index (χ1v) is 10.6. The molecule has 0 saturated carbocycles. The Morgan fingerprint density at radius 2 is 2.16 bits per heavy atom. The summed E-state index contributed by atoms with van der Waals surface area (Å²) in [6.07, 6.45) is 4.28. The van der Waals surface area contributed by atoms with Crippen molar-refractivity contribution >= 4 is 40.0 Å². The fraction of sp³-hybridized carbons (Fsp3) is 0.227. The van der Waals surface area contributed by atoms with Crippen LogP contribution in [0.3, 0.4) is 0 Å². The molecule has 1 aliphatic heterocycles. The Morgan fingerprint density at radius 1 is 1.28 bits per heavy atom. The molecule has 0 spiro atoms. The van der Waals surface area contributed by atoms with Gasteiger partial charge in [0, 0.05) is 36.9 Å². The van der Waals surface area contributed by atoms with Gasteiger partial charge in [-0.25, -0.2) is 9.97 Å². The van der Waals surface area contributed by atoms with E-state index in [2.05, 4.69) is 25.7 Å². The van der Waals surface area contributed by atoms with Gasteiger partial charge in [0.2, 0.25) is 5.91 Å². The van der Waals surface area contributed by atoms with E-state index in [-0.39, 0.29) is 23.5 Å². The van der Waals surface area contributed by atoms with E-state index in [1.165, 1.54) is 0 Å². The largest absolute Gasteiger partial charge is 0.381 e. The first kappa shape index (κ1) is 20.3. The summed E-state index contributed by atoms with van der Waals surface area (Å²) in [6.45, 7) is 1.44.